The third kappa shape index (κ3) is 4.74. The minimum atomic E-state index is -4.54. The zero-order chi connectivity index (χ0) is 22.9. The monoisotopic (exact) mass is 443 g/mol. The minimum Gasteiger partial charge on any atom is -0.485 e. The maximum atomic E-state index is 12.9. The Hall–Kier alpha value is -3.82. The fourth-order valence-electron chi connectivity index (χ4n) is 3.32. The second-order valence-electron chi connectivity index (χ2n) is 7.48. The maximum Gasteiger partial charge on any atom is 0.417 e. The van der Waals surface area contributed by atoms with Crippen molar-refractivity contribution < 1.29 is 22.7 Å². The summed E-state index contributed by atoms with van der Waals surface area (Å²) in [5.74, 6) is 0.524. The molecule has 3 N–H and O–H groups in total. The lowest BCUT2D eigenvalue weighted by atomic mass is 10.0. The molecule has 1 saturated heterocycles. The van der Waals surface area contributed by atoms with Crippen LogP contribution in [0.15, 0.2) is 55.0 Å². The van der Waals surface area contributed by atoms with Crippen molar-refractivity contribution in [3.63, 3.8) is 0 Å². The fourth-order valence-corrected chi connectivity index (χ4v) is 3.32. The fraction of sp³-hybridized carbons (Fsp3) is 0.227. The molecule has 0 unspecified atom stereocenters. The molecule has 1 aliphatic heterocycles. The van der Waals surface area contributed by atoms with Gasteiger partial charge in [-0.3, -0.25) is 9.78 Å². The first-order valence-electron chi connectivity index (χ1n) is 9.76. The van der Waals surface area contributed by atoms with Crippen molar-refractivity contribution in [1.82, 2.24) is 9.97 Å². The van der Waals surface area contributed by atoms with Crippen molar-refractivity contribution in [1.29, 1.82) is 0 Å². The Bertz CT molecular complexity index is 1130. The van der Waals surface area contributed by atoms with Crippen LogP contribution in [-0.4, -0.2) is 35.1 Å². The Labute approximate surface area is 182 Å². The van der Waals surface area contributed by atoms with Crippen LogP contribution < -0.4 is 20.7 Å². The summed E-state index contributed by atoms with van der Waals surface area (Å²) < 4.78 is 44.5. The van der Waals surface area contributed by atoms with E-state index in [1.807, 2.05) is 6.92 Å². The molecule has 0 atom stereocenters. The predicted molar refractivity (Wildman–Crippen MR) is 114 cm³/mol. The smallest absolute Gasteiger partial charge is 0.417 e. The summed E-state index contributed by atoms with van der Waals surface area (Å²) in [6.45, 7) is 3.16. The molecule has 1 aliphatic rings. The zero-order valence-electron chi connectivity index (χ0n) is 17.1. The Morgan fingerprint density at radius 1 is 1.16 bits per heavy atom. The highest BCUT2D eigenvalue weighted by Crippen LogP contribution is 2.31. The molecular formula is C22H20F3N5O2. The average Bonchev–Trinajstić information content (AvgIpc) is 2.72. The van der Waals surface area contributed by atoms with Gasteiger partial charge in [0.25, 0.3) is 5.91 Å². The average molecular weight is 443 g/mol. The molecule has 7 nitrogen and oxygen atoms in total. The molecule has 0 bridgehead atoms. The number of pyridine rings is 2. The Morgan fingerprint density at radius 3 is 2.62 bits per heavy atom. The molecule has 0 spiro atoms. The molecule has 0 saturated carbocycles. The number of rotatable bonds is 5. The van der Waals surface area contributed by atoms with Crippen LogP contribution in [0, 0.1) is 6.92 Å². The third-order valence-corrected chi connectivity index (χ3v) is 5.05. The molecule has 32 heavy (non-hydrogen) atoms. The van der Waals surface area contributed by atoms with Crippen molar-refractivity contribution in [2.75, 3.05) is 29.0 Å². The number of anilines is 3. The van der Waals surface area contributed by atoms with E-state index in [2.05, 4.69) is 20.2 Å². The summed E-state index contributed by atoms with van der Waals surface area (Å²) in [6, 6.07) is 9.41. The van der Waals surface area contributed by atoms with E-state index >= 15 is 0 Å². The molecule has 0 aliphatic carbocycles. The van der Waals surface area contributed by atoms with Crippen LogP contribution in [0.3, 0.4) is 0 Å². The van der Waals surface area contributed by atoms with Crippen molar-refractivity contribution >= 4 is 23.1 Å². The second kappa shape index (κ2) is 8.37. The Morgan fingerprint density at radius 2 is 1.94 bits per heavy atom. The number of nitrogens with one attached hydrogen (secondary N) is 1. The molecule has 4 rings (SSSR count). The maximum absolute atomic E-state index is 12.9. The number of nitrogens with zero attached hydrogens (tertiary/aromatic N) is 3. The number of benzene rings is 1. The lowest BCUT2D eigenvalue weighted by Gasteiger charge is -2.41. The van der Waals surface area contributed by atoms with E-state index < -0.39 is 17.6 Å². The van der Waals surface area contributed by atoms with Crippen molar-refractivity contribution in [3.05, 3.63) is 71.7 Å². The number of carbonyl (C=O) groups excluding carboxylic acids is 1. The van der Waals surface area contributed by atoms with Crippen LogP contribution >= 0.6 is 0 Å². The van der Waals surface area contributed by atoms with Gasteiger partial charge in [-0.2, -0.15) is 13.2 Å². The van der Waals surface area contributed by atoms with E-state index in [4.69, 9.17) is 10.5 Å². The standard InChI is InChI=1S/C22H20F3N5O2/c1-13-2-3-14(21(31)29-16-7-15(8-27-9-16)22(23,24)25)6-19(13)30-11-18(12-30)32-17-4-5-20(26)28-10-17/h2-10,18H,11-12H2,1H3,(H2,26,28)(H,29,31). The van der Waals surface area contributed by atoms with Crippen LogP contribution in [0.5, 0.6) is 5.75 Å². The van der Waals surface area contributed by atoms with E-state index in [0.29, 0.717) is 36.4 Å². The summed E-state index contributed by atoms with van der Waals surface area (Å²) >= 11 is 0. The normalized spacial score (nSPS) is 14.1. The summed E-state index contributed by atoms with van der Waals surface area (Å²) in [4.78, 5) is 22.2. The number of alkyl halides is 3. The van der Waals surface area contributed by atoms with E-state index in [1.165, 1.54) is 6.20 Å². The van der Waals surface area contributed by atoms with Crippen LogP contribution in [0.25, 0.3) is 0 Å². The molecule has 1 aromatic carbocycles. The first-order valence-corrected chi connectivity index (χ1v) is 9.76. The summed E-state index contributed by atoms with van der Waals surface area (Å²) in [5, 5.41) is 2.48. The van der Waals surface area contributed by atoms with Gasteiger partial charge < -0.3 is 20.7 Å². The number of amides is 1. The number of halogens is 3. The Kier molecular flexibility index (Phi) is 5.60. The van der Waals surface area contributed by atoms with Crippen LogP contribution in [-0.2, 0) is 6.18 Å². The first kappa shape index (κ1) is 21.4. The summed E-state index contributed by atoms with van der Waals surface area (Å²) in [7, 11) is 0. The topological polar surface area (TPSA) is 93.4 Å². The number of hydrogen-bond donors (Lipinski definition) is 2. The molecular weight excluding hydrogens is 423 g/mol. The van der Waals surface area contributed by atoms with Gasteiger partial charge in [0, 0.05) is 17.4 Å². The molecule has 166 valence electrons. The lowest BCUT2D eigenvalue weighted by molar-refractivity contribution is -0.137. The van der Waals surface area contributed by atoms with Crippen LogP contribution in [0.1, 0.15) is 21.5 Å². The number of aromatic nitrogens is 2. The van der Waals surface area contributed by atoms with Gasteiger partial charge in [-0.1, -0.05) is 6.07 Å². The number of aryl methyl sites for hydroxylation is 1. The number of nitrogen functional groups attached to an aromatic ring is 1. The van der Waals surface area contributed by atoms with Gasteiger partial charge in [0.1, 0.15) is 17.7 Å². The molecule has 3 heterocycles. The SMILES string of the molecule is Cc1ccc(C(=O)Nc2cncc(C(F)(F)F)c2)cc1N1CC(Oc2ccc(N)nc2)C1. The van der Waals surface area contributed by atoms with E-state index in [1.54, 1.807) is 36.5 Å². The van der Waals surface area contributed by atoms with E-state index in [0.717, 1.165) is 17.3 Å². The van der Waals surface area contributed by atoms with Gasteiger partial charge in [-0.15, -0.1) is 0 Å². The molecule has 10 heteroatoms. The quantitative estimate of drug-likeness (QED) is 0.621. The number of ether oxygens (including phenoxy) is 1. The van der Waals surface area contributed by atoms with Gasteiger partial charge in [-0.25, -0.2) is 4.98 Å². The van der Waals surface area contributed by atoms with Gasteiger partial charge >= 0.3 is 6.18 Å². The van der Waals surface area contributed by atoms with Gasteiger partial charge in [0.15, 0.2) is 0 Å². The van der Waals surface area contributed by atoms with Gasteiger partial charge in [0.2, 0.25) is 0 Å². The van der Waals surface area contributed by atoms with E-state index in [-0.39, 0.29) is 11.8 Å². The Balaban J connectivity index is 1.42. The molecule has 0 radical (unpaired) electrons. The van der Waals surface area contributed by atoms with Gasteiger partial charge in [0.05, 0.1) is 36.7 Å². The highest BCUT2D eigenvalue weighted by molar-refractivity contribution is 6.05. The molecule has 2 aromatic heterocycles. The largest absolute Gasteiger partial charge is 0.485 e. The highest BCUT2D eigenvalue weighted by atomic mass is 19.4. The number of hydrogen-bond acceptors (Lipinski definition) is 6. The summed E-state index contributed by atoms with van der Waals surface area (Å²) in [5.41, 5.74) is 6.77. The highest BCUT2D eigenvalue weighted by Gasteiger charge is 2.32. The second-order valence-corrected chi connectivity index (χ2v) is 7.48. The van der Waals surface area contributed by atoms with E-state index in [9.17, 15) is 18.0 Å². The minimum absolute atomic E-state index is 0.0264. The molecule has 3 aromatic rings. The third-order valence-electron chi connectivity index (χ3n) is 5.05. The molecule has 1 fully saturated rings. The first-order chi connectivity index (χ1) is 15.2. The zero-order valence-corrected chi connectivity index (χ0v) is 17.1. The molecule has 1 amide bonds. The summed E-state index contributed by atoms with van der Waals surface area (Å²) in [6.07, 6.45) is -1.12. The van der Waals surface area contributed by atoms with Crippen LogP contribution in [0.2, 0.25) is 0 Å². The van der Waals surface area contributed by atoms with Crippen molar-refractivity contribution in [2.24, 2.45) is 0 Å². The van der Waals surface area contributed by atoms with Gasteiger partial charge in [-0.05, 0) is 42.8 Å². The van der Waals surface area contributed by atoms with Crippen molar-refractivity contribution in [2.45, 2.75) is 19.2 Å². The van der Waals surface area contributed by atoms with Crippen LogP contribution in [0.4, 0.5) is 30.4 Å². The number of carbonyl (C=O) groups is 1. The number of nitrogens with two attached hydrogens (primary N) is 1. The van der Waals surface area contributed by atoms with Crippen molar-refractivity contribution in [3.8, 4) is 5.75 Å². The lowest BCUT2D eigenvalue weighted by Crippen LogP contribution is -2.54. The predicted octanol–water partition coefficient (Wildman–Crippen LogP) is 3.91.